The highest BCUT2D eigenvalue weighted by molar-refractivity contribution is 14.1. The second kappa shape index (κ2) is 17.5. The average molecular weight is 749 g/mol. The molecule has 0 bridgehead atoms. The van der Waals surface area contributed by atoms with Gasteiger partial charge in [-0.1, -0.05) is 51.5 Å². The normalized spacial score (nSPS) is 24.7. The maximum Gasteiger partial charge on any atom is 0.248 e. The van der Waals surface area contributed by atoms with Gasteiger partial charge in [-0.3, -0.25) is 9.59 Å². The first-order valence-electron chi connectivity index (χ1n) is 16.3. The Hall–Kier alpha value is -2.67. The van der Waals surface area contributed by atoms with Crippen molar-refractivity contribution in [3.63, 3.8) is 0 Å². The topological polar surface area (TPSA) is 118 Å². The fourth-order valence-corrected chi connectivity index (χ4v) is 7.10. The van der Waals surface area contributed by atoms with Gasteiger partial charge in [0.05, 0.1) is 29.4 Å². The number of hydrogen-bond acceptors (Lipinski definition) is 7. The van der Waals surface area contributed by atoms with Gasteiger partial charge < -0.3 is 34.6 Å². The molecule has 1 fully saturated rings. The number of rotatable bonds is 14. The zero-order valence-electron chi connectivity index (χ0n) is 27.4. The van der Waals surface area contributed by atoms with Crippen molar-refractivity contribution >= 4 is 34.4 Å². The standard InChI is InChI=1S/C36H49IN2O7/c1-23(2)28-13-12-24(3)18-32(28)45-22-34(41)39(16-14-25-8-7-9-27(19-25)44-4)30-20-26(36(43)38-15-17-40)21-33(35(30)42)46-31-11-6-5-10-29(31)37/h5-11,19,21,23-24,28,30,32-33,35,40,42H,12-18,20,22H2,1-4H3,(H,38,43)/t24-,28+,30+,32-,33-,35-/m0/s1. The molecule has 0 saturated heterocycles. The summed E-state index contributed by atoms with van der Waals surface area (Å²) in [5.41, 5.74) is 1.37. The van der Waals surface area contributed by atoms with Crippen LogP contribution in [0.25, 0.3) is 0 Å². The number of methoxy groups -OCH3 is 1. The van der Waals surface area contributed by atoms with Gasteiger partial charge in [-0.15, -0.1) is 0 Å². The highest BCUT2D eigenvalue weighted by Gasteiger charge is 2.41. The van der Waals surface area contributed by atoms with E-state index in [2.05, 4.69) is 48.7 Å². The van der Waals surface area contributed by atoms with Crippen LogP contribution in [0.3, 0.4) is 0 Å². The van der Waals surface area contributed by atoms with E-state index in [9.17, 15) is 19.8 Å². The molecular formula is C36H49IN2O7. The van der Waals surface area contributed by atoms with E-state index in [1.165, 1.54) is 0 Å². The van der Waals surface area contributed by atoms with E-state index in [4.69, 9.17) is 14.2 Å². The van der Waals surface area contributed by atoms with E-state index < -0.39 is 18.2 Å². The van der Waals surface area contributed by atoms with E-state index in [-0.39, 0.29) is 44.1 Å². The fourth-order valence-electron chi connectivity index (χ4n) is 6.59. The van der Waals surface area contributed by atoms with Gasteiger partial charge in [0.2, 0.25) is 11.8 Å². The number of nitrogens with one attached hydrogen (secondary N) is 1. The maximum atomic E-state index is 14.2. The molecule has 0 unspecified atom stereocenters. The molecule has 4 rings (SSSR count). The van der Waals surface area contributed by atoms with Crippen LogP contribution in [0.1, 0.15) is 52.0 Å². The second-order valence-corrected chi connectivity index (χ2v) is 14.0. The Balaban J connectivity index is 1.63. The molecule has 1 saturated carbocycles. The molecule has 0 radical (unpaired) electrons. The molecule has 9 nitrogen and oxygen atoms in total. The highest BCUT2D eigenvalue weighted by atomic mass is 127. The van der Waals surface area contributed by atoms with Gasteiger partial charge in [0, 0.05) is 25.1 Å². The lowest BCUT2D eigenvalue weighted by atomic mass is 9.75. The molecule has 252 valence electrons. The summed E-state index contributed by atoms with van der Waals surface area (Å²) in [7, 11) is 1.62. The molecule has 2 amide bonds. The van der Waals surface area contributed by atoms with E-state index in [1.54, 1.807) is 18.1 Å². The molecule has 6 atom stereocenters. The van der Waals surface area contributed by atoms with Crippen molar-refractivity contribution in [2.45, 2.75) is 77.2 Å². The van der Waals surface area contributed by atoms with Crippen LogP contribution >= 0.6 is 22.6 Å². The first-order valence-corrected chi connectivity index (χ1v) is 17.4. The Kier molecular flexibility index (Phi) is 13.7. The number of carbonyl (C=O) groups excluding carboxylic acids is 2. The van der Waals surface area contributed by atoms with Crippen LogP contribution in [0.4, 0.5) is 0 Å². The molecule has 2 aliphatic carbocycles. The van der Waals surface area contributed by atoms with Crippen molar-refractivity contribution in [1.82, 2.24) is 10.2 Å². The van der Waals surface area contributed by atoms with Gasteiger partial charge in [0.15, 0.2) is 0 Å². The second-order valence-electron chi connectivity index (χ2n) is 12.8. The third kappa shape index (κ3) is 9.68. The van der Waals surface area contributed by atoms with Gasteiger partial charge in [-0.25, -0.2) is 0 Å². The van der Waals surface area contributed by atoms with Crippen LogP contribution < -0.4 is 14.8 Å². The van der Waals surface area contributed by atoms with E-state index >= 15 is 0 Å². The third-order valence-corrected chi connectivity index (χ3v) is 10.1. The molecule has 2 aromatic carbocycles. The molecule has 46 heavy (non-hydrogen) atoms. The number of halogens is 1. The number of benzene rings is 2. The van der Waals surface area contributed by atoms with Crippen molar-refractivity contribution in [2.24, 2.45) is 17.8 Å². The van der Waals surface area contributed by atoms with Crippen molar-refractivity contribution < 1.29 is 34.0 Å². The van der Waals surface area contributed by atoms with Crippen molar-refractivity contribution in [2.75, 3.05) is 33.4 Å². The summed E-state index contributed by atoms with van der Waals surface area (Å²) in [6.07, 6.45) is 3.41. The molecule has 0 spiro atoms. The summed E-state index contributed by atoms with van der Waals surface area (Å²) >= 11 is 2.17. The Morgan fingerprint density at radius 2 is 1.91 bits per heavy atom. The number of hydrogen-bond donors (Lipinski definition) is 3. The van der Waals surface area contributed by atoms with Gasteiger partial charge >= 0.3 is 0 Å². The monoisotopic (exact) mass is 748 g/mol. The smallest absolute Gasteiger partial charge is 0.248 e. The van der Waals surface area contributed by atoms with Crippen molar-refractivity contribution in [3.8, 4) is 11.5 Å². The van der Waals surface area contributed by atoms with Crippen LogP contribution in [0.15, 0.2) is 60.2 Å². The highest BCUT2D eigenvalue weighted by Crippen LogP contribution is 2.36. The Labute approximate surface area is 286 Å². The number of nitrogens with zero attached hydrogens (tertiary/aromatic N) is 1. The first kappa shape index (κ1) is 36.2. The Morgan fingerprint density at radius 1 is 1.13 bits per heavy atom. The molecule has 2 aliphatic rings. The lowest BCUT2D eigenvalue weighted by Crippen LogP contribution is -2.56. The minimum absolute atomic E-state index is 0.0137. The summed E-state index contributed by atoms with van der Waals surface area (Å²) in [5.74, 6) is 2.05. The number of ether oxygens (including phenoxy) is 3. The molecule has 10 heteroatoms. The van der Waals surface area contributed by atoms with Crippen LogP contribution in [0, 0.1) is 21.3 Å². The molecular weight excluding hydrogens is 699 g/mol. The number of para-hydroxylation sites is 1. The predicted molar refractivity (Wildman–Crippen MR) is 186 cm³/mol. The predicted octanol–water partition coefficient (Wildman–Crippen LogP) is 4.76. The van der Waals surface area contributed by atoms with E-state index in [0.29, 0.717) is 42.0 Å². The number of amides is 2. The summed E-state index contributed by atoms with van der Waals surface area (Å²) in [6.45, 7) is 6.73. The lowest BCUT2D eigenvalue weighted by molar-refractivity contribution is -0.148. The Bertz CT molecular complexity index is 1330. The first-order chi connectivity index (χ1) is 22.1. The number of carbonyl (C=O) groups is 2. The van der Waals surface area contributed by atoms with Gasteiger partial charge in [-0.05, 0) is 95.5 Å². The molecule has 0 aliphatic heterocycles. The van der Waals surface area contributed by atoms with Crippen molar-refractivity contribution in [1.29, 1.82) is 0 Å². The number of aliphatic hydroxyl groups excluding tert-OH is 2. The summed E-state index contributed by atoms with van der Waals surface area (Å²) in [4.78, 5) is 29.0. The van der Waals surface area contributed by atoms with Crippen LogP contribution in [0.5, 0.6) is 11.5 Å². The van der Waals surface area contributed by atoms with E-state index in [1.807, 2.05) is 48.5 Å². The zero-order chi connectivity index (χ0) is 33.2. The maximum absolute atomic E-state index is 14.2. The fraction of sp³-hybridized carbons (Fsp3) is 0.556. The van der Waals surface area contributed by atoms with Gasteiger partial charge in [-0.2, -0.15) is 0 Å². The quantitative estimate of drug-likeness (QED) is 0.239. The summed E-state index contributed by atoms with van der Waals surface area (Å²) in [5, 5.41) is 23.9. The SMILES string of the molecule is COc1cccc(CCN(C(=O)CO[C@H]2C[C@@H](C)CC[C@@H]2C(C)C)[C@@H]2CC(C(=O)NCCO)=C[C@H](Oc3ccccc3I)[C@H]2O)c1. The minimum atomic E-state index is -1.11. The number of aliphatic hydroxyl groups is 2. The summed E-state index contributed by atoms with van der Waals surface area (Å²) in [6, 6.07) is 14.4. The van der Waals surface area contributed by atoms with Crippen LogP contribution in [-0.4, -0.2) is 84.7 Å². The van der Waals surface area contributed by atoms with Crippen LogP contribution in [0.2, 0.25) is 0 Å². The van der Waals surface area contributed by atoms with Gasteiger partial charge in [0.25, 0.3) is 0 Å². The molecule has 2 aromatic rings. The Morgan fingerprint density at radius 3 is 2.63 bits per heavy atom. The van der Waals surface area contributed by atoms with E-state index in [0.717, 1.165) is 34.1 Å². The molecule has 0 heterocycles. The van der Waals surface area contributed by atoms with Crippen molar-refractivity contribution in [3.05, 3.63) is 69.3 Å². The van der Waals surface area contributed by atoms with Gasteiger partial charge in [0.1, 0.15) is 30.3 Å². The zero-order valence-corrected chi connectivity index (χ0v) is 29.5. The average Bonchev–Trinajstić information content (AvgIpc) is 3.05. The summed E-state index contributed by atoms with van der Waals surface area (Å²) < 4.78 is 19.0. The van der Waals surface area contributed by atoms with Crippen LogP contribution in [-0.2, 0) is 20.7 Å². The minimum Gasteiger partial charge on any atom is -0.497 e. The molecule has 0 aromatic heterocycles. The lowest BCUT2D eigenvalue weighted by Gasteiger charge is -2.41. The molecule has 3 N–H and O–H groups in total. The largest absolute Gasteiger partial charge is 0.497 e. The third-order valence-electron chi connectivity index (χ3n) is 9.19.